The molecule has 0 spiro atoms. The van der Waals surface area contributed by atoms with Gasteiger partial charge in [-0.05, 0) is 30.9 Å². The number of aromatic nitrogens is 1. The summed E-state index contributed by atoms with van der Waals surface area (Å²) in [5.41, 5.74) is 1.27. The Bertz CT molecular complexity index is 324. The molecule has 3 nitrogen and oxygen atoms in total. The number of hydrogen-bond donors (Lipinski definition) is 1. The van der Waals surface area contributed by atoms with E-state index in [-0.39, 0.29) is 0 Å². The maximum atomic E-state index is 5.08. The van der Waals surface area contributed by atoms with Crippen molar-refractivity contribution >= 4 is 0 Å². The molecular weight excluding hydrogens is 224 g/mol. The van der Waals surface area contributed by atoms with Crippen molar-refractivity contribution < 1.29 is 4.74 Å². The number of ether oxygens (including phenoxy) is 1. The first-order chi connectivity index (χ1) is 8.69. The number of nitrogens with zero attached hydrogens (tertiary/aromatic N) is 1. The second-order valence-corrected chi connectivity index (χ2v) is 4.92. The van der Waals surface area contributed by atoms with Crippen LogP contribution in [0.4, 0.5) is 0 Å². The lowest BCUT2D eigenvalue weighted by atomic mass is 9.95. The van der Waals surface area contributed by atoms with Crippen LogP contribution in [0.25, 0.3) is 0 Å². The third kappa shape index (κ3) is 5.05. The fraction of sp³-hybridized carbons (Fsp3) is 0.667. The first kappa shape index (κ1) is 15.0. The summed E-state index contributed by atoms with van der Waals surface area (Å²) < 4.78 is 5.08. The van der Waals surface area contributed by atoms with Crippen molar-refractivity contribution in [2.45, 2.75) is 46.1 Å². The topological polar surface area (TPSA) is 34.1 Å². The van der Waals surface area contributed by atoms with Crippen LogP contribution in [0.2, 0.25) is 0 Å². The highest BCUT2D eigenvalue weighted by atomic mass is 16.5. The number of nitrogens with one attached hydrogen (secondary N) is 1. The summed E-state index contributed by atoms with van der Waals surface area (Å²) in [5.74, 6) is 1.45. The smallest absolute Gasteiger partial charge is 0.212 e. The fourth-order valence-electron chi connectivity index (χ4n) is 2.12. The van der Waals surface area contributed by atoms with Crippen LogP contribution < -0.4 is 10.1 Å². The third-order valence-electron chi connectivity index (χ3n) is 3.37. The van der Waals surface area contributed by atoms with Crippen LogP contribution in [0, 0.1) is 5.92 Å². The molecule has 0 amide bonds. The molecule has 1 heterocycles. The summed E-state index contributed by atoms with van der Waals surface area (Å²) in [7, 11) is 1.65. The van der Waals surface area contributed by atoms with Gasteiger partial charge in [0.25, 0.3) is 0 Å². The standard InChI is InChI=1S/C15H26N2O/c1-5-12(3)9-14(16-6-2)10-13-7-8-15(18-4)17-11-13/h7-8,11-12,14,16H,5-6,9-10H2,1-4H3. The maximum absolute atomic E-state index is 5.08. The summed E-state index contributed by atoms with van der Waals surface area (Å²) in [6.45, 7) is 7.75. The molecule has 1 N–H and O–H groups in total. The van der Waals surface area contributed by atoms with Crippen molar-refractivity contribution in [3.8, 4) is 5.88 Å². The van der Waals surface area contributed by atoms with Crippen molar-refractivity contribution in [2.24, 2.45) is 5.92 Å². The van der Waals surface area contributed by atoms with Gasteiger partial charge >= 0.3 is 0 Å². The van der Waals surface area contributed by atoms with Gasteiger partial charge in [-0.15, -0.1) is 0 Å². The Hall–Kier alpha value is -1.09. The second-order valence-electron chi connectivity index (χ2n) is 4.92. The third-order valence-corrected chi connectivity index (χ3v) is 3.37. The quantitative estimate of drug-likeness (QED) is 0.770. The van der Waals surface area contributed by atoms with E-state index in [4.69, 9.17) is 4.74 Å². The number of pyridine rings is 1. The normalized spacial score (nSPS) is 14.2. The molecule has 2 unspecified atom stereocenters. The molecule has 1 aromatic rings. The minimum absolute atomic E-state index is 0.542. The minimum atomic E-state index is 0.542. The zero-order chi connectivity index (χ0) is 13.4. The molecule has 0 aliphatic rings. The van der Waals surface area contributed by atoms with E-state index in [2.05, 4.69) is 37.1 Å². The highest BCUT2D eigenvalue weighted by Crippen LogP contribution is 2.15. The summed E-state index contributed by atoms with van der Waals surface area (Å²) in [6.07, 6.45) is 5.41. The summed E-state index contributed by atoms with van der Waals surface area (Å²) in [6, 6.07) is 4.58. The number of methoxy groups -OCH3 is 1. The Labute approximate surface area is 111 Å². The summed E-state index contributed by atoms with van der Waals surface area (Å²) in [5, 5.41) is 3.57. The monoisotopic (exact) mass is 250 g/mol. The second kappa shape index (κ2) is 8.09. The number of rotatable bonds is 8. The van der Waals surface area contributed by atoms with Crippen LogP contribution in [0.15, 0.2) is 18.3 Å². The van der Waals surface area contributed by atoms with Crippen LogP contribution in [0.3, 0.4) is 0 Å². The number of likely N-dealkylation sites (N-methyl/N-ethyl adjacent to an activating group) is 1. The zero-order valence-corrected chi connectivity index (χ0v) is 12.1. The Balaban J connectivity index is 2.58. The molecule has 0 aromatic carbocycles. The van der Waals surface area contributed by atoms with E-state index in [0.717, 1.165) is 18.9 Å². The van der Waals surface area contributed by atoms with E-state index in [9.17, 15) is 0 Å². The lowest BCUT2D eigenvalue weighted by Crippen LogP contribution is -2.32. The average molecular weight is 250 g/mol. The largest absolute Gasteiger partial charge is 0.481 e. The van der Waals surface area contributed by atoms with Crippen molar-refractivity contribution in [3.63, 3.8) is 0 Å². The van der Waals surface area contributed by atoms with Gasteiger partial charge in [-0.25, -0.2) is 4.98 Å². The van der Waals surface area contributed by atoms with Crippen LogP contribution >= 0.6 is 0 Å². The highest BCUT2D eigenvalue weighted by molar-refractivity contribution is 5.18. The molecule has 0 aliphatic carbocycles. The van der Waals surface area contributed by atoms with Crippen molar-refractivity contribution in [3.05, 3.63) is 23.9 Å². The molecular formula is C15H26N2O. The molecule has 1 rings (SSSR count). The molecule has 0 radical (unpaired) electrons. The lowest BCUT2D eigenvalue weighted by molar-refractivity contribution is 0.391. The van der Waals surface area contributed by atoms with Gasteiger partial charge in [-0.3, -0.25) is 0 Å². The molecule has 0 saturated carbocycles. The van der Waals surface area contributed by atoms with Gasteiger partial charge in [0.15, 0.2) is 0 Å². The van der Waals surface area contributed by atoms with E-state index in [1.54, 1.807) is 7.11 Å². The SMILES string of the molecule is CCNC(Cc1ccc(OC)nc1)CC(C)CC. The minimum Gasteiger partial charge on any atom is -0.481 e. The summed E-state index contributed by atoms with van der Waals surface area (Å²) in [4.78, 5) is 4.26. The first-order valence-corrected chi connectivity index (χ1v) is 6.91. The number of hydrogen-bond acceptors (Lipinski definition) is 3. The van der Waals surface area contributed by atoms with Crippen LogP contribution in [0.5, 0.6) is 5.88 Å². The van der Waals surface area contributed by atoms with Crippen LogP contribution in [-0.4, -0.2) is 24.7 Å². The Morgan fingerprint density at radius 3 is 2.61 bits per heavy atom. The lowest BCUT2D eigenvalue weighted by Gasteiger charge is -2.21. The molecule has 2 atom stereocenters. The van der Waals surface area contributed by atoms with E-state index in [1.807, 2.05) is 12.3 Å². The summed E-state index contributed by atoms with van der Waals surface area (Å²) >= 11 is 0. The predicted molar refractivity (Wildman–Crippen MR) is 76.0 cm³/mol. The first-order valence-electron chi connectivity index (χ1n) is 6.91. The van der Waals surface area contributed by atoms with Crippen LogP contribution in [-0.2, 0) is 6.42 Å². The van der Waals surface area contributed by atoms with E-state index >= 15 is 0 Å². The van der Waals surface area contributed by atoms with Gasteiger partial charge in [0.05, 0.1) is 7.11 Å². The molecule has 102 valence electrons. The van der Waals surface area contributed by atoms with Crippen molar-refractivity contribution in [2.75, 3.05) is 13.7 Å². The van der Waals surface area contributed by atoms with Gasteiger partial charge in [-0.2, -0.15) is 0 Å². The van der Waals surface area contributed by atoms with Gasteiger partial charge in [0, 0.05) is 18.3 Å². The van der Waals surface area contributed by atoms with Crippen molar-refractivity contribution in [1.82, 2.24) is 10.3 Å². The van der Waals surface area contributed by atoms with Gasteiger partial charge in [0.1, 0.15) is 0 Å². The zero-order valence-electron chi connectivity index (χ0n) is 12.1. The van der Waals surface area contributed by atoms with E-state index in [1.165, 1.54) is 18.4 Å². The highest BCUT2D eigenvalue weighted by Gasteiger charge is 2.12. The molecule has 0 saturated heterocycles. The van der Waals surface area contributed by atoms with Gasteiger partial charge in [0.2, 0.25) is 5.88 Å². The van der Waals surface area contributed by atoms with Crippen molar-refractivity contribution in [1.29, 1.82) is 0 Å². The Kier molecular flexibility index (Phi) is 6.73. The van der Waals surface area contributed by atoms with Crippen LogP contribution in [0.1, 0.15) is 39.2 Å². The molecule has 0 bridgehead atoms. The van der Waals surface area contributed by atoms with E-state index in [0.29, 0.717) is 11.9 Å². The predicted octanol–water partition coefficient (Wildman–Crippen LogP) is 3.05. The Morgan fingerprint density at radius 2 is 2.11 bits per heavy atom. The molecule has 1 aromatic heterocycles. The van der Waals surface area contributed by atoms with Gasteiger partial charge < -0.3 is 10.1 Å². The maximum Gasteiger partial charge on any atom is 0.212 e. The van der Waals surface area contributed by atoms with Gasteiger partial charge in [-0.1, -0.05) is 33.3 Å². The fourth-order valence-corrected chi connectivity index (χ4v) is 2.12. The molecule has 0 aliphatic heterocycles. The molecule has 3 heteroatoms. The molecule has 18 heavy (non-hydrogen) atoms. The van der Waals surface area contributed by atoms with E-state index < -0.39 is 0 Å². The average Bonchev–Trinajstić information content (AvgIpc) is 2.39. The Morgan fingerprint density at radius 1 is 1.33 bits per heavy atom. The molecule has 0 fully saturated rings.